The van der Waals surface area contributed by atoms with E-state index in [0.717, 1.165) is 0 Å². The minimum absolute atomic E-state index is 1.17. The molecule has 1 heterocycles. The van der Waals surface area contributed by atoms with Crippen molar-refractivity contribution >= 4 is 54.1 Å². The third-order valence-electron chi connectivity index (χ3n) is 9.00. The summed E-state index contributed by atoms with van der Waals surface area (Å²) in [6, 6.07) is 59.8. The molecule has 0 aliphatic rings. The third kappa shape index (κ3) is 3.79. The van der Waals surface area contributed by atoms with Crippen molar-refractivity contribution in [3.63, 3.8) is 0 Å². The number of fused-ring (bicyclic) bond motifs is 8. The van der Waals surface area contributed by atoms with Crippen LogP contribution in [-0.4, -0.2) is 4.57 Å². The van der Waals surface area contributed by atoms with Crippen molar-refractivity contribution in [1.29, 1.82) is 0 Å². The number of hydrogen-bond donors (Lipinski definition) is 0. The molecule has 0 fully saturated rings. The van der Waals surface area contributed by atoms with Crippen molar-refractivity contribution < 1.29 is 0 Å². The van der Waals surface area contributed by atoms with Gasteiger partial charge in [0.1, 0.15) is 0 Å². The highest BCUT2D eigenvalue weighted by molar-refractivity contribution is 6.17. The normalized spacial score (nSPS) is 11.7. The second kappa shape index (κ2) is 9.44. The van der Waals surface area contributed by atoms with Crippen molar-refractivity contribution in [2.75, 3.05) is 0 Å². The van der Waals surface area contributed by atoms with Gasteiger partial charge in [-0.2, -0.15) is 0 Å². The van der Waals surface area contributed by atoms with Crippen molar-refractivity contribution in [3.05, 3.63) is 164 Å². The topological polar surface area (TPSA) is 4.93 Å². The summed E-state index contributed by atoms with van der Waals surface area (Å²) in [6.07, 6.45) is 0. The average Bonchev–Trinajstić information content (AvgIpc) is 3.42. The summed E-state index contributed by atoms with van der Waals surface area (Å²) in [5.41, 5.74) is 8.54. The molecule has 0 atom stereocenters. The highest BCUT2D eigenvalue weighted by atomic mass is 15.0. The maximum atomic E-state index is 2.36. The Morgan fingerprint density at radius 2 is 0.721 bits per heavy atom. The number of nitrogens with zero attached hydrogens (tertiary/aromatic N) is 1. The Morgan fingerprint density at radius 1 is 0.279 bits per heavy atom. The zero-order valence-corrected chi connectivity index (χ0v) is 23.5. The zero-order valence-electron chi connectivity index (χ0n) is 23.5. The summed E-state index contributed by atoms with van der Waals surface area (Å²) in [7, 11) is 0. The lowest BCUT2D eigenvalue weighted by atomic mass is 9.94. The van der Waals surface area contributed by atoms with E-state index in [1.54, 1.807) is 0 Å². The minimum Gasteiger partial charge on any atom is -0.309 e. The van der Waals surface area contributed by atoms with Crippen LogP contribution < -0.4 is 0 Å². The summed E-state index contributed by atoms with van der Waals surface area (Å²) in [6.45, 7) is 0. The molecule has 0 radical (unpaired) electrons. The van der Waals surface area contributed by atoms with E-state index in [-0.39, 0.29) is 0 Å². The molecule has 200 valence electrons. The minimum atomic E-state index is 1.17. The van der Waals surface area contributed by atoms with Gasteiger partial charge in [0.15, 0.2) is 0 Å². The molecule has 0 aliphatic carbocycles. The molecule has 0 amide bonds. The molecule has 9 aromatic rings. The first-order chi connectivity index (χ1) is 21.3. The van der Waals surface area contributed by atoms with Gasteiger partial charge < -0.3 is 4.57 Å². The predicted molar refractivity (Wildman–Crippen MR) is 184 cm³/mol. The van der Waals surface area contributed by atoms with Gasteiger partial charge in [-0.25, -0.2) is 0 Å². The van der Waals surface area contributed by atoms with E-state index in [1.165, 1.54) is 82.1 Å². The van der Waals surface area contributed by atoms with Gasteiger partial charge in [0.05, 0.1) is 11.0 Å². The van der Waals surface area contributed by atoms with Gasteiger partial charge >= 0.3 is 0 Å². The maximum absolute atomic E-state index is 2.36. The molecule has 8 aromatic carbocycles. The lowest BCUT2D eigenvalue weighted by Crippen LogP contribution is -1.93. The quantitative estimate of drug-likeness (QED) is 0.195. The Hall–Kier alpha value is -5.66. The first kappa shape index (κ1) is 24.0. The van der Waals surface area contributed by atoms with Gasteiger partial charge in [-0.3, -0.25) is 0 Å². The van der Waals surface area contributed by atoms with E-state index in [9.17, 15) is 0 Å². The van der Waals surface area contributed by atoms with Crippen molar-refractivity contribution in [3.8, 4) is 27.9 Å². The Bertz CT molecular complexity index is 2430. The fourth-order valence-corrected chi connectivity index (χ4v) is 6.86. The van der Waals surface area contributed by atoms with Crippen LogP contribution in [0.4, 0.5) is 0 Å². The second-order valence-electron chi connectivity index (χ2n) is 11.4. The monoisotopic (exact) mass is 545 g/mol. The molecule has 0 N–H and O–H groups in total. The fourth-order valence-electron chi connectivity index (χ4n) is 6.86. The van der Waals surface area contributed by atoms with E-state index in [2.05, 4.69) is 168 Å². The summed E-state index contributed by atoms with van der Waals surface area (Å²) in [4.78, 5) is 0. The van der Waals surface area contributed by atoms with Crippen LogP contribution in [0.3, 0.4) is 0 Å². The van der Waals surface area contributed by atoms with Gasteiger partial charge in [0.2, 0.25) is 0 Å². The Balaban J connectivity index is 1.07. The molecule has 0 saturated carbocycles. The summed E-state index contributed by atoms with van der Waals surface area (Å²) in [5.74, 6) is 0. The Morgan fingerprint density at radius 3 is 1.37 bits per heavy atom. The van der Waals surface area contributed by atoms with Crippen LogP contribution in [0.5, 0.6) is 0 Å². The van der Waals surface area contributed by atoms with Gasteiger partial charge in [-0.05, 0) is 84.9 Å². The number of para-hydroxylation sites is 2. The van der Waals surface area contributed by atoms with Crippen LogP contribution in [0.25, 0.3) is 82.1 Å². The molecule has 0 spiro atoms. The average molecular weight is 546 g/mol. The number of benzene rings is 8. The van der Waals surface area contributed by atoms with E-state index >= 15 is 0 Å². The zero-order chi connectivity index (χ0) is 28.3. The fraction of sp³-hybridized carbons (Fsp3) is 0. The van der Waals surface area contributed by atoms with Crippen molar-refractivity contribution in [1.82, 2.24) is 4.57 Å². The first-order valence-electron chi connectivity index (χ1n) is 14.9. The molecular formula is C42H27N. The maximum Gasteiger partial charge on any atom is 0.0541 e. The smallest absolute Gasteiger partial charge is 0.0541 e. The predicted octanol–water partition coefficient (Wildman–Crippen LogP) is 11.6. The summed E-state index contributed by atoms with van der Waals surface area (Å²) >= 11 is 0. The Kier molecular flexibility index (Phi) is 5.27. The molecule has 1 nitrogen and oxygen atoms in total. The molecule has 0 bridgehead atoms. The molecule has 0 unspecified atom stereocenters. The van der Waals surface area contributed by atoms with Crippen LogP contribution >= 0.6 is 0 Å². The van der Waals surface area contributed by atoms with Gasteiger partial charge in [0.25, 0.3) is 0 Å². The highest BCUT2D eigenvalue weighted by Crippen LogP contribution is 2.35. The molecule has 9 rings (SSSR count). The van der Waals surface area contributed by atoms with Crippen molar-refractivity contribution in [2.45, 2.75) is 0 Å². The van der Waals surface area contributed by atoms with Crippen LogP contribution in [0.1, 0.15) is 0 Å². The molecule has 0 saturated heterocycles. The van der Waals surface area contributed by atoms with E-state index in [1.807, 2.05) is 0 Å². The second-order valence-corrected chi connectivity index (χ2v) is 11.4. The van der Waals surface area contributed by atoms with Crippen LogP contribution in [0.2, 0.25) is 0 Å². The Labute approximate surface area is 249 Å². The van der Waals surface area contributed by atoms with Gasteiger partial charge in [-0.1, -0.05) is 133 Å². The lowest BCUT2D eigenvalue weighted by molar-refractivity contribution is 1.18. The van der Waals surface area contributed by atoms with E-state index in [0.29, 0.717) is 0 Å². The number of aromatic nitrogens is 1. The van der Waals surface area contributed by atoms with E-state index in [4.69, 9.17) is 0 Å². The van der Waals surface area contributed by atoms with Crippen LogP contribution in [0, 0.1) is 0 Å². The van der Waals surface area contributed by atoms with Gasteiger partial charge in [0, 0.05) is 16.5 Å². The summed E-state index contributed by atoms with van der Waals surface area (Å²) < 4.78 is 2.36. The number of hydrogen-bond acceptors (Lipinski definition) is 0. The van der Waals surface area contributed by atoms with Crippen molar-refractivity contribution in [2.24, 2.45) is 0 Å². The molecule has 1 heteroatoms. The van der Waals surface area contributed by atoms with Gasteiger partial charge in [-0.15, -0.1) is 0 Å². The largest absolute Gasteiger partial charge is 0.309 e. The third-order valence-corrected chi connectivity index (χ3v) is 9.00. The molecular weight excluding hydrogens is 518 g/mol. The van der Waals surface area contributed by atoms with E-state index < -0.39 is 0 Å². The highest BCUT2D eigenvalue weighted by Gasteiger charge is 2.12. The lowest BCUT2D eigenvalue weighted by Gasteiger charge is -2.11. The van der Waals surface area contributed by atoms with Crippen LogP contribution in [0.15, 0.2) is 164 Å². The molecule has 0 aliphatic heterocycles. The summed E-state index contributed by atoms with van der Waals surface area (Å²) in [5, 5.41) is 10.3. The molecule has 1 aromatic heterocycles. The SMILES string of the molecule is c1ccc2c(c1)ccc1c3cc(-c4ccc(-c5ccc(-n6c7ccccc7c7ccccc76)cc5)cc4)ccc3ccc21. The van der Waals surface area contributed by atoms with Crippen LogP contribution in [-0.2, 0) is 0 Å². The number of rotatable bonds is 3. The standard InChI is InChI=1S/C42H27N/c1-2-8-35-31(7-1)21-26-37-36(35)25-22-32-17-18-33(27-40(32)37)30-15-13-28(14-16-30)29-19-23-34(24-20-29)43-41-11-5-3-9-38(41)39-10-4-6-12-42(39)43/h1-27H. The molecule has 43 heavy (non-hydrogen) atoms. The first-order valence-corrected chi connectivity index (χ1v) is 14.9.